The fraction of sp³-hybridized carbons (Fsp3) is 0. The molecule has 1 radical (unpaired) electrons. The summed E-state index contributed by atoms with van der Waals surface area (Å²) in [4.78, 5) is 67.0. The molecule has 0 saturated carbocycles. The Hall–Kier alpha value is -6.23. The molecule has 0 unspecified atom stereocenters. The molecule has 6 heterocycles. The van der Waals surface area contributed by atoms with Gasteiger partial charge in [-0.15, -0.1) is 10.2 Å². The first kappa shape index (κ1) is 46.9. The van der Waals surface area contributed by atoms with E-state index in [-0.39, 0.29) is 67.8 Å². The number of H-pyrrole nitrogens is 2. The second kappa shape index (κ2) is 21.8. The van der Waals surface area contributed by atoms with Crippen molar-refractivity contribution >= 4 is 124 Å². The first-order valence-corrected chi connectivity index (χ1v) is 18.3. The molecular formula is C24H14N14O13S5V. The van der Waals surface area contributed by atoms with Crippen LogP contribution in [0.25, 0.3) is 0 Å². The van der Waals surface area contributed by atoms with Gasteiger partial charge in [0.15, 0.2) is 0 Å². The molecule has 6 aromatic rings. The van der Waals surface area contributed by atoms with Crippen LogP contribution in [-0.2, 0) is 34.4 Å². The number of thiophene rings is 4. The van der Waals surface area contributed by atoms with E-state index < -0.39 is 30.1 Å². The quantitative estimate of drug-likeness (QED) is 0.0534. The molecule has 0 atom stereocenters. The van der Waals surface area contributed by atoms with Gasteiger partial charge in [0.25, 0.3) is 11.9 Å². The molecule has 27 nitrogen and oxygen atoms in total. The van der Waals surface area contributed by atoms with E-state index in [1.807, 2.05) is 0 Å². The molecule has 6 rings (SSSR count). The summed E-state index contributed by atoms with van der Waals surface area (Å²) in [5.74, 6) is 0.585. The molecule has 2 N–H and O–H groups in total. The summed E-state index contributed by atoms with van der Waals surface area (Å²) in [5, 5.41) is 55.3. The zero-order valence-corrected chi connectivity index (χ0v) is 32.6. The molecule has 57 heavy (non-hydrogen) atoms. The van der Waals surface area contributed by atoms with E-state index in [0.717, 1.165) is 45.3 Å². The summed E-state index contributed by atoms with van der Waals surface area (Å²) in [6.07, 6.45) is 5.68. The Bertz CT molecular complexity index is 2230. The van der Waals surface area contributed by atoms with Gasteiger partial charge in [-0.2, -0.15) is 9.97 Å². The molecule has 0 fully saturated rings. The zero-order valence-electron chi connectivity index (χ0n) is 27.1. The standard InChI is InChI=1S/2C12H7N7O4S2.H2O4S.O.V/c2*20-18(21)9-3-1-7(24-9)5-13-11-15-12(17-16-11)14-6-8-2-4-10(25-8)19(22)23;1-5(2,3)4;;/h2*1-6H,(H,15,16,17);(H2,1,2,3,4);;/q;;;-2;+4/p-2/b2*13-5-,14-6+;;;. The van der Waals surface area contributed by atoms with Crippen molar-refractivity contribution in [3.05, 3.63) is 108 Å². The van der Waals surface area contributed by atoms with Gasteiger partial charge in [-0.25, -0.2) is 30.2 Å². The van der Waals surface area contributed by atoms with Crippen LogP contribution < -0.4 is 0 Å². The SMILES string of the molecule is O=S(=O)([O-])[O-].O=[N+]([O-])c1ccc(/C=N\c2n[nH]c(/N=C/c3ccc([N+](=O)[O-])s3)n2)s1.O=[N+]([O-])c1ccc(/C=N\c2n[nH]c(/N=C/c3ccc([N+](=O)[O-])s3)n2)s1.[O-2].[V+4]. The molecule has 0 aliphatic carbocycles. The van der Waals surface area contributed by atoms with Crippen molar-refractivity contribution in [2.24, 2.45) is 20.0 Å². The molecule has 0 saturated heterocycles. The monoisotopic (exact) mass is 917 g/mol. The maximum Gasteiger partial charge on any atom is 4.00 e. The number of aromatic amines is 2. The van der Waals surface area contributed by atoms with Crippen LogP contribution >= 0.6 is 45.3 Å². The summed E-state index contributed by atoms with van der Waals surface area (Å²) >= 11 is 3.93. The Balaban J connectivity index is 0.000000341. The van der Waals surface area contributed by atoms with Crippen LogP contribution in [0.15, 0.2) is 68.5 Å². The minimum Gasteiger partial charge on any atom is -2.00 e. The van der Waals surface area contributed by atoms with E-state index in [1.54, 1.807) is 24.3 Å². The van der Waals surface area contributed by atoms with Gasteiger partial charge >= 0.3 is 38.6 Å². The minimum atomic E-state index is -5.17. The van der Waals surface area contributed by atoms with Crippen LogP contribution in [0.3, 0.4) is 0 Å². The molecule has 0 aliphatic rings. The third-order valence-electron chi connectivity index (χ3n) is 5.34. The van der Waals surface area contributed by atoms with Gasteiger partial charge in [-0.3, -0.25) is 48.9 Å². The van der Waals surface area contributed by atoms with E-state index in [1.165, 1.54) is 49.1 Å². The maximum atomic E-state index is 10.6. The second-order valence-corrected chi connectivity index (χ2v) is 14.3. The Morgan fingerprint density at radius 3 is 1.00 bits per heavy atom. The summed E-state index contributed by atoms with van der Waals surface area (Å²) < 4.78 is 34.1. The van der Waals surface area contributed by atoms with Crippen LogP contribution in [0.2, 0.25) is 0 Å². The number of hydrogen-bond donors (Lipinski definition) is 2. The zero-order chi connectivity index (χ0) is 40.1. The molecular weight excluding hydrogens is 904 g/mol. The van der Waals surface area contributed by atoms with Crippen molar-refractivity contribution in [2.45, 2.75) is 0 Å². The van der Waals surface area contributed by atoms with Gasteiger partial charge in [-0.1, -0.05) is 45.3 Å². The van der Waals surface area contributed by atoms with E-state index in [4.69, 9.17) is 17.5 Å². The fourth-order valence-corrected chi connectivity index (χ4v) is 6.03. The number of nitro groups is 4. The molecule has 0 amide bonds. The van der Waals surface area contributed by atoms with E-state index in [9.17, 15) is 40.5 Å². The maximum absolute atomic E-state index is 10.6. The molecule has 0 aromatic carbocycles. The van der Waals surface area contributed by atoms with Gasteiger partial charge < -0.3 is 14.6 Å². The van der Waals surface area contributed by atoms with E-state index in [2.05, 4.69) is 50.3 Å². The minimum absolute atomic E-state index is 0. The van der Waals surface area contributed by atoms with Gasteiger partial charge in [0, 0.05) is 59.5 Å². The van der Waals surface area contributed by atoms with Crippen LogP contribution in [0.5, 0.6) is 0 Å². The smallest absolute Gasteiger partial charge is 2.00 e. The van der Waals surface area contributed by atoms with Gasteiger partial charge in [0.1, 0.15) is 0 Å². The molecule has 0 aliphatic heterocycles. The van der Waals surface area contributed by atoms with Gasteiger partial charge in [0.2, 0.25) is 11.9 Å². The summed E-state index contributed by atoms with van der Waals surface area (Å²) in [6.45, 7) is 0. The van der Waals surface area contributed by atoms with E-state index >= 15 is 0 Å². The summed E-state index contributed by atoms with van der Waals surface area (Å²) in [6, 6.07) is 11.9. The fourth-order valence-electron chi connectivity index (χ4n) is 3.25. The number of rotatable bonds is 12. The summed E-state index contributed by atoms with van der Waals surface area (Å²) in [5.41, 5.74) is 0. The molecule has 6 aromatic heterocycles. The Morgan fingerprint density at radius 1 is 0.526 bits per heavy atom. The van der Waals surface area contributed by atoms with Gasteiger partial charge in [0.05, 0.1) is 39.2 Å². The first-order chi connectivity index (χ1) is 26.0. The number of nitrogens with one attached hydrogen (secondary N) is 2. The molecule has 0 bridgehead atoms. The Morgan fingerprint density at radius 2 is 0.772 bits per heavy atom. The number of nitrogens with zero attached hydrogens (tertiary/aromatic N) is 12. The average Bonchev–Trinajstić information content (AvgIpc) is 3.96. The van der Waals surface area contributed by atoms with Crippen LogP contribution in [-0.4, -0.2) is 92.4 Å². The topological polar surface area (TPSA) is 414 Å². The number of aromatic nitrogens is 6. The normalized spacial score (nSPS) is 11.1. The molecule has 0 spiro atoms. The summed E-state index contributed by atoms with van der Waals surface area (Å²) in [7, 11) is -5.17. The predicted molar refractivity (Wildman–Crippen MR) is 197 cm³/mol. The van der Waals surface area contributed by atoms with Crippen molar-refractivity contribution in [3.8, 4) is 0 Å². The second-order valence-electron chi connectivity index (χ2n) is 9.09. The Labute approximate surface area is 342 Å². The Kier molecular flexibility index (Phi) is 17.9. The van der Waals surface area contributed by atoms with Gasteiger partial charge in [-0.05, 0) is 24.3 Å². The van der Waals surface area contributed by atoms with E-state index in [0.29, 0.717) is 19.5 Å². The van der Waals surface area contributed by atoms with Crippen LogP contribution in [0.4, 0.5) is 43.8 Å². The number of hydrogen-bond acceptors (Lipinski definition) is 24. The first-order valence-electron chi connectivity index (χ1n) is 13.7. The van der Waals surface area contributed by atoms with Crippen LogP contribution in [0.1, 0.15) is 19.5 Å². The molecule has 33 heteroatoms. The third kappa shape index (κ3) is 16.2. The van der Waals surface area contributed by atoms with Crippen molar-refractivity contribution in [3.63, 3.8) is 0 Å². The van der Waals surface area contributed by atoms with Crippen molar-refractivity contribution in [2.75, 3.05) is 0 Å². The predicted octanol–water partition coefficient (Wildman–Crippen LogP) is 5.03. The average molecular weight is 918 g/mol. The number of aliphatic imine (C=N–C) groups is 4. The van der Waals surface area contributed by atoms with Crippen LogP contribution in [0, 0.1) is 40.5 Å². The third-order valence-corrected chi connectivity index (χ3v) is 9.22. The largest absolute Gasteiger partial charge is 4.00 e. The van der Waals surface area contributed by atoms with Crippen molar-refractivity contribution in [1.29, 1.82) is 0 Å². The molecule has 293 valence electrons. The van der Waals surface area contributed by atoms with Crippen molar-refractivity contribution in [1.82, 2.24) is 30.4 Å². The van der Waals surface area contributed by atoms with Crippen molar-refractivity contribution < 1.29 is 61.2 Å².